The molecule has 4 aliphatic rings. The maximum absolute atomic E-state index is 11.7. The van der Waals surface area contributed by atoms with Crippen LogP contribution in [0.4, 0.5) is 0 Å². The van der Waals surface area contributed by atoms with Crippen LogP contribution in [0.15, 0.2) is 11.6 Å². The summed E-state index contributed by atoms with van der Waals surface area (Å²) in [5, 5.41) is 18.9. The number of allylic oxidation sites excluding steroid dienone is 2. The van der Waals surface area contributed by atoms with Crippen molar-refractivity contribution in [3.05, 3.63) is 11.6 Å². The number of aliphatic carboxylic acids is 2. The Bertz CT molecular complexity index is 667. The van der Waals surface area contributed by atoms with E-state index in [1.807, 2.05) is 0 Å². The lowest BCUT2D eigenvalue weighted by Crippen LogP contribution is -2.52. The molecule has 0 heterocycles. The van der Waals surface area contributed by atoms with Gasteiger partial charge in [-0.15, -0.1) is 0 Å². The Hall–Kier alpha value is -1.32. The molecule has 27 heavy (non-hydrogen) atoms. The van der Waals surface area contributed by atoms with Crippen LogP contribution < -0.4 is 0 Å². The average molecular weight is 375 g/mol. The van der Waals surface area contributed by atoms with Gasteiger partial charge in [0.15, 0.2) is 0 Å². The molecule has 2 N–H and O–H groups in total. The summed E-state index contributed by atoms with van der Waals surface area (Å²) in [6, 6.07) is 0. The number of fused-ring (bicyclic) bond motifs is 5. The monoisotopic (exact) mass is 374 g/mol. The third-order valence-electron chi connectivity index (χ3n) is 9.18. The highest BCUT2D eigenvalue weighted by molar-refractivity contribution is 5.68. The van der Waals surface area contributed by atoms with Gasteiger partial charge in [-0.05, 0) is 85.4 Å². The van der Waals surface area contributed by atoms with Crippen molar-refractivity contribution in [3.8, 4) is 0 Å². The lowest BCUT2D eigenvalue weighted by Gasteiger charge is -2.60. The van der Waals surface area contributed by atoms with E-state index in [0.29, 0.717) is 17.3 Å². The van der Waals surface area contributed by atoms with Gasteiger partial charge >= 0.3 is 11.9 Å². The van der Waals surface area contributed by atoms with Gasteiger partial charge in [0.25, 0.3) is 0 Å². The fraction of sp³-hybridized carbons (Fsp3) is 0.826. The van der Waals surface area contributed by atoms with Gasteiger partial charge in [0, 0.05) is 12.8 Å². The van der Waals surface area contributed by atoms with E-state index in [4.69, 9.17) is 0 Å². The molecule has 0 bridgehead atoms. The number of carboxylic acid groups (broad SMARTS) is 2. The Morgan fingerprint density at radius 1 is 1.07 bits per heavy atom. The van der Waals surface area contributed by atoms with Crippen LogP contribution in [0, 0.1) is 40.4 Å². The molecule has 0 amide bonds. The summed E-state index contributed by atoms with van der Waals surface area (Å²) in [6.07, 6.45) is 12.0. The normalized spacial score (nSPS) is 46.0. The number of hydrogen-bond acceptors (Lipinski definition) is 2. The van der Waals surface area contributed by atoms with Crippen molar-refractivity contribution in [2.24, 2.45) is 40.4 Å². The first kappa shape index (κ1) is 19.0. The summed E-state index contributed by atoms with van der Waals surface area (Å²) >= 11 is 0. The zero-order chi connectivity index (χ0) is 19.4. The molecule has 0 aliphatic heterocycles. The molecular weight excluding hydrogens is 340 g/mol. The van der Waals surface area contributed by atoms with Crippen molar-refractivity contribution in [1.82, 2.24) is 0 Å². The SMILES string of the molecule is C[C@@]12CCC[C@H]1[C@@H]1CC=C3CC(CC(=O)O)CC(CC(=O)O)[C@]3(C)[C@H]1CC2. The molecule has 4 nitrogen and oxygen atoms in total. The second kappa shape index (κ2) is 6.63. The quantitative estimate of drug-likeness (QED) is 0.669. The molecule has 4 rings (SSSR count). The summed E-state index contributed by atoms with van der Waals surface area (Å²) in [6.45, 7) is 4.82. The summed E-state index contributed by atoms with van der Waals surface area (Å²) in [4.78, 5) is 23.0. The van der Waals surface area contributed by atoms with Crippen molar-refractivity contribution < 1.29 is 19.8 Å². The predicted octanol–water partition coefficient (Wildman–Crippen LogP) is 5.13. The average Bonchev–Trinajstić information content (AvgIpc) is 2.97. The van der Waals surface area contributed by atoms with Crippen LogP contribution in [0.2, 0.25) is 0 Å². The van der Waals surface area contributed by atoms with Crippen LogP contribution in [0.25, 0.3) is 0 Å². The molecule has 150 valence electrons. The molecule has 4 aliphatic carbocycles. The summed E-state index contributed by atoms with van der Waals surface area (Å²) in [5.41, 5.74) is 1.82. The summed E-state index contributed by atoms with van der Waals surface area (Å²) in [5.74, 6) is 0.705. The van der Waals surface area contributed by atoms with Gasteiger partial charge in [0.1, 0.15) is 0 Å². The molecule has 7 atom stereocenters. The highest BCUT2D eigenvalue weighted by Crippen LogP contribution is 2.66. The lowest BCUT2D eigenvalue weighted by atomic mass is 9.44. The molecule has 2 unspecified atom stereocenters. The van der Waals surface area contributed by atoms with Crippen molar-refractivity contribution in [2.45, 2.75) is 78.1 Å². The second-order valence-corrected chi connectivity index (χ2v) is 10.4. The van der Waals surface area contributed by atoms with E-state index in [2.05, 4.69) is 19.9 Å². The van der Waals surface area contributed by atoms with E-state index < -0.39 is 11.9 Å². The van der Waals surface area contributed by atoms with Gasteiger partial charge in [-0.25, -0.2) is 0 Å². The van der Waals surface area contributed by atoms with E-state index in [0.717, 1.165) is 25.2 Å². The van der Waals surface area contributed by atoms with Crippen LogP contribution in [-0.4, -0.2) is 22.2 Å². The first-order chi connectivity index (χ1) is 12.7. The zero-order valence-corrected chi connectivity index (χ0v) is 16.7. The maximum atomic E-state index is 11.7. The summed E-state index contributed by atoms with van der Waals surface area (Å²) in [7, 11) is 0. The smallest absolute Gasteiger partial charge is 0.303 e. The topological polar surface area (TPSA) is 74.6 Å². The third-order valence-corrected chi connectivity index (χ3v) is 9.18. The largest absolute Gasteiger partial charge is 0.481 e. The van der Waals surface area contributed by atoms with Crippen molar-refractivity contribution >= 4 is 11.9 Å². The van der Waals surface area contributed by atoms with Gasteiger partial charge in [0.05, 0.1) is 0 Å². The van der Waals surface area contributed by atoms with Crippen LogP contribution >= 0.6 is 0 Å². The minimum absolute atomic E-state index is 0.0553. The highest BCUT2D eigenvalue weighted by atomic mass is 16.4. The number of rotatable bonds is 4. The Morgan fingerprint density at radius 2 is 1.81 bits per heavy atom. The van der Waals surface area contributed by atoms with Crippen molar-refractivity contribution in [1.29, 1.82) is 0 Å². The molecule has 0 saturated heterocycles. The standard InChI is InChI=1S/C23H34O4/c1-22-8-3-4-18(22)17-6-5-15-10-14(12-20(24)25)11-16(13-21(26)27)23(15,2)19(17)7-9-22/h5,14,16-19H,3-4,6-13H2,1-2H3,(H,24,25)(H,26,27)/t14?,16?,17-,18-,19-,22-,23+/m0/s1. The highest BCUT2D eigenvalue weighted by Gasteiger charge is 2.58. The molecule has 0 spiro atoms. The molecule has 3 fully saturated rings. The molecular formula is C23H34O4. The molecule has 3 saturated carbocycles. The van der Waals surface area contributed by atoms with Gasteiger partial charge < -0.3 is 10.2 Å². The van der Waals surface area contributed by atoms with Crippen molar-refractivity contribution in [2.75, 3.05) is 0 Å². The first-order valence-corrected chi connectivity index (χ1v) is 10.9. The molecule has 0 aromatic heterocycles. The Labute approximate surface area is 162 Å². The van der Waals surface area contributed by atoms with Gasteiger partial charge in [0.2, 0.25) is 0 Å². The van der Waals surface area contributed by atoms with Gasteiger partial charge in [-0.2, -0.15) is 0 Å². The molecule has 0 aromatic carbocycles. The van der Waals surface area contributed by atoms with Crippen LogP contribution in [0.3, 0.4) is 0 Å². The van der Waals surface area contributed by atoms with E-state index >= 15 is 0 Å². The van der Waals surface area contributed by atoms with Crippen LogP contribution in [0.1, 0.15) is 78.1 Å². The predicted molar refractivity (Wildman–Crippen MR) is 103 cm³/mol. The zero-order valence-electron chi connectivity index (χ0n) is 16.7. The Kier molecular flexibility index (Phi) is 4.67. The van der Waals surface area contributed by atoms with Gasteiger partial charge in [-0.1, -0.05) is 31.9 Å². The van der Waals surface area contributed by atoms with E-state index in [9.17, 15) is 19.8 Å². The number of carbonyl (C=O) groups is 2. The maximum Gasteiger partial charge on any atom is 0.303 e. The van der Waals surface area contributed by atoms with Crippen molar-refractivity contribution in [3.63, 3.8) is 0 Å². The minimum atomic E-state index is -0.758. The van der Waals surface area contributed by atoms with E-state index in [1.54, 1.807) is 0 Å². The number of hydrogen-bond donors (Lipinski definition) is 2. The molecule has 4 heteroatoms. The van der Waals surface area contributed by atoms with Crippen LogP contribution in [-0.2, 0) is 9.59 Å². The Balaban J connectivity index is 1.68. The Morgan fingerprint density at radius 3 is 2.52 bits per heavy atom. The van der Waals surface area contributed by atoms with Gasteiger partial charge in [-0.3, -0.25) is 9.59 Å². The fourth-order valence-corrected chi connectivity index (χ4v) is 7.91. The first-order valence-electron chi connectivity index (χ1n) is 10.9. The third kappa shape index (κ3) is 3.03. The molecule has 0 radical (unpaired) electrons. The lowest BCUT2D eigenvalue weighted by molar-refractivity contribution is -0.142. The minimum Gasteiger partial charge on any atom is -0.481 e. The van der Waals surface area contributed by atoms with Crippen LogP contribution in [0.5, 0.6) is 0 Å². The van der Waals surface area contributed by atoms with E-state index in [-0.39, 0.29) is 30.1 Å². The fourth-order valence-electron chi connectivity index (χ4n) is 7.91. The summed E-state index contributed by atoms with van der Waals surface area (Å²) < 4.78 is 0. The second-order valence-electron chi connectivity index (χ2n) is 10.4. The molecule has 0 aromatic rings. The number of carboxylic acids is 2. The van der Waals surface area contributed by atoms with E-state index in [1.165, 1.54) is 37.7 Å².